The van der Waals surface area contributed by atoms with Crippen LogP contribution in [0.5, 0.6) is 11.5 Å². The van der Waals surface area contributed by atoms with E-state index in [2.05, 4.69) is 0 Å². The van der Waals surface area contributed by atoms with Gasteiger partial charge in [0, 0.05) is 11.7 Å². The first-order valence-electron chi connectivity index (χ1n) is 8.80. The van der Waals surface area contributed by atoms with E-state index in [-0.39, 0.29) is 23.3 Å². The Morgan fingerprint density at radius 2 is 1.81 bits per heavy atom. The maximum atomic E-state index is 13.0. The Morgan fingerprint density at radius 3 is 2.52 bits per heavy atom. The molecule has 0 N–H and O–H groups in total. The first kappa shape index (κ1) is 18.8. The van der Waals surface area contributed by atoms with Crippen molar-refractivity contribution in [2.75, 3.05) is 19.1 Å². The molecule has 0 saturated carbocycles. The van der Waals surface area contributed by atoms with E-state index in [9.17, 15) is 9.59 Å². The number of para-hydroxylation sites is 2. The van der Waals surface area contributed by atoms with Gasteiger partial charge in [0.05, 0.1) is 14.2 Å². The lowest BCUT2D eigenvalue weighted by Gasteiger charge is -2.26. The Morgan fingerprint density at radius 1 is 1.07 bits per heavy atom. The summed E-state index contributed by atoms with van der Waals surface area (Å²) in [6.45, 7) is 3.57. The van der Waals surface area contributed by atoms with Crippen LogP contribution < -0.4 is 14.4 Å². The van der Waals surface area contributed by atoms with Crippen LogP contribution in [0.4, 0.5) is 5.69 Å². The van der Waals surface area contributed by atoms with Crippen molar-refractivity contribution in [3.63, 3.8) is 0 Å². The van der Waals surface area contributed by atoms with Crippen LogP contribution in [0.25, 0.3) is 0 Å². The highest BCUT2D eigenvalue weighted by Gasteiger charge is 2.35. The Balaban J connectivity index is 1.79. The van der Waals surface area contributed by atoms with E-state index in [0.717, 1.165) is 17.7 Å². The normalized spacial score (nSPS) is 16.4. The van der Waals surface area contributed by atoms with E-state index >= 15 is 0 Å². The summed E-state index contributed by atoms with van der Waals surface area (Å²) in [5.41, 5.74) is 2.20. The van der Waals surface area contributed by atoms with Crippen LogP contribution in [0.15, 0.2) is 42.5 Å². The smallest absolute Gasteiger partial charge is 0.342 e. The molecular formula is C21H23NO5. The highest BCUT2D eigenvalue weighted by atomic mass is 16.6. The third-order valence-corrected chi connectivity index (χ3v) is 4.70. The summed E-state index contributed by atoms with van der Waals surface area (Å²) in [6.07, 6.45) is -0.145. The van der Waals surface area contributed by atoms with Crippen LogP contribution in [0.2, 0.25) is 0 Å². The first-order chi connectivity index (χ1) is 13.0. The summed E-state index contributed by atoms with van der Waals surface area (Å²) < 4.78 is 15.9. The molecule has 1 heterocycles. The minimum Gasteiger partial charge on any atom is -0.493 e. The van der Waals surface area contributed by atoms with Gasteiger partial charge >= 0.3 is 5.97 Å². The first-order valence-corrected chi connectivity index (χ1v) is 8.80. The predicted octanol–water partition coefficient (Wildman–Crippen LogP) is 3.23. The van der Waals surface area contributed by atoms with Gasteiger partial charge < -0.3 is 19.1 Å². The summed E-state index contributed by atoms with van der Waals surface area (Å²) in [5.74, 6) is -0.174. The van der Waals surface area contributed by atoms with Crippen molar-refractivity contribution < 1.29 is 23.8 Å². The third-order valence-electron chi connectivity index (χ3n) is 4.70. The Labute approximate surface area is 158 Å². The number of ether oxygens (including phenoxy) is 3. The van der Waals surface area contributed by atoms with Gasteiger partial charge in [0.1, 0.15) is 5.56 Å². The topological polar surface area (TPSA) is 65.1 Å². The van der Waals surface area contributed by atoms with Crippen LogP contribution in [0.1, 0.15) is 29.8 Å². The van der Waals surface area contributed by atoms with Gasteiger partial charge in [0.15, 0.2) is 17.6 Å². The van der Waals surface area contributed by atoms with Crippen LogP contribution in [-0.4, -0.2) is 38.2 Å². The fraction of sp³-hybridized carbons (Fsp3) is 0.333. The van der Waals surface area contributed by atoms with Crippen LogP contribution in [0, 0.1) is 0 Å². The standard InChI is InChI=1S/C21H23NO5/c1-13-12-15-8-5-6-10-17(15)22(13)20(23)14(2)27-21(24)16-9-7-11-18(25-3)19(16)26-4/h5-11,13-14H,12H2,1-4H3/t13-,14-/m0/s1. The number of rotatable bonds is 5. The van der Waals surface area contributed by atoms with Crippen LogP contribution in [-0.2, 0) is 16.0 Å². The largest absolute Gasteiger partial charge is 0.493 e. The molecule has 0 radical (unpaired) electrons. The van der Waals surface area contributed by atoms with Gasteiger partial charge in [-0.25, -0.2) is 4.79 Å². The lowest BCUT2D eigenvalue weighted by Crippen LogP contribution is -2.43. The van der Waals surface area contributed by atoms with E-state index in [0.29, 0.717) is 5.75 Å². The summed E-state index contributed by atoms with van der Waals surface area (Å²) in [4.78, 5) is 27.3. The molecule has 0 spiro atoms. The molecule has 2 atom stereocenters. The van der Waals surface area contributed by atoms with Crippen molar-refractivity contribution in [1.82, 2.24) is 0 Å². The zero-order valence-corrected chi connectivity index (χ0v) is 15.9. The number of fused-ring (bicyclic) bond motifs is 1. The molecule has 142 valence electrons. The van der Waals surface area contributed by atoms with Gasteiger partial charge in [-0.05, 0) is 44.0 Å². The zero-order valence-electron chi connectivity index (χ0n) is 15.9. The number of benzene rings is 2. The molecule has 6 nitrogen and oxygen atoms in total. The molecule has 1 amide bonds. The van der Waals surface area contributed by atoms with E-state index in [4.69, 9.17) is 14.2 Å². The average Bonchev–Trinajstić information content (AvgIpc) is 3.01. The number of carbonyl (C=O) groups is 2. The Kier molecular flexibility index (Phi) is 5.35. The SMILES string of the molecule is COc1cccc(C(=O)O[C@@H](C)C(=O)N2c3ccccc3C[C@@H]2C)c1OC. The number of hydrogen-bond acceptors (Lipinski definition) is 5. The Hall–Kier alpha value is -3.02. The van der Waals surface area contributed by atoms with Crippen LogP contribution in [0.3, 0.4) is 0 Å². The van der Waals surface area contributed by atoms with Crippen molar-refractivity contribution in [3.8, 4) is 11.5 Å². The van der Waals surface area contributed by atoms with Gasteiger partial charge in [0.25, 0.3) is 5.91 Å². The fourth-order valence-electron chi connectivity index (χ4n) is 3.42. The minimum absolute atomic E-state index is 0.0161. The molecule has 2 aromatic rings. The maximum Gasteiger partial charge on any atom is 0.342 e. The number of anilines is 1. The van der Waals surface area contributed by atoms with E-state index in [1.165, 1.54) is 14.2 Å². The van der Waals surface area contributed by atoms with E-state index in [1.54, 1.807) is 30.0 Å². The molecule has 0 fully saturated rings. The second kappa shape index (κ2) is 7.70. The van der Waals surface area contributed by atoms with E-state index in [1.807, 2.05) is 31.2 Å². The van der Waals surface area contributed by atoms with Gasteiger partial charge in [-0.15, -0.1) is 0 Å². The summed E-state index contributed by atoms with van der Waals surface area (Å²) >= 11 is 0. The molecule has 0 unspecified atom stereocenters. The lowest BCUT2D eigenvalue weighted by molar-refractivity contribution is -0.126. The van der Waals surface area contributed by atoms with E-state index < -0.39 is 12.1 Å². The van der Waals surface area contributed by atoms with Crippen molar-refractivity contribution in [2.24, 2.45) is 0 Å². The molecule has 2 aromatic carbocycles. The van der Waals surface area contributed by atoms with Crippen LogP contribution >= 0.6 is 0 Å². The molecule has 0 aromatic heterocycles. The van der Waals surface area contributed by atoms with Gasteiger partial charge in [0.2, 0.25) is 0 Å². The number of hydrogen-bond donors (Lipinski definition) is 0. The predicted molar refractivity (Wildman–Crippen MR) is 102 cm³/mol. The van der Waals surface area contributed by atoms with Crippen molar-refractivity contribution in [1.29, 1.82) is 0 Å². The van der Waals surface area contributed by atoms with Gasteiger partial charge in [-0.3, -0.25) is 4.79 Å². The minimum atomic E-state index is -0.929. The number of carbonyl (C=O) groups excluding carboxylic acids is 2. The maximum absolute atomic E-state index is 13.0. The molecule has 1 aliphatic rings. The molecule has 27 heavy (non-hydrogen) atoms. The quantitative estimate of drug-likeness (QED) is 0.757. The zero-order chi connectivity index (χ0) is 19.6. The molecule has 0 aliphatic carbocycles. The Bertz CT molecular complexity index is 863. The molecule has 6 heteroatoms. The number of methoxy groups -OCH3 is 2. The summed E-state index contributed by atoms with van der Waals surface area (Å²) in [5, 5.41) is 0. The lowest BCUT2D eigenvalue weighted by atomic mass is 10.1. The summed E-state index contributed by atoms with van der Waals surface area (Å²) in [6, 6.07) is 12.7. The second-order valence-electron chi connectivity index (χ2n) is 6.48. The number of amides is 1. The molecule has 0 saturated heterocycles. The molecule has 1 aliphatic heterocycles. The molecule has 3 rings (SSSR count). The third kappa shape index (κ3) is 3.47. The number of nitrogens with zero attached hydrogens (tertiary/aromatic N) is 1. The molecular weight excluding hydrogens is 346 g/mol. The van der Waals surface area contributed by atoms with Crippen molar-refractivity contribution in [3.05, 3.63) is 53.6 Å². The van der Waals surface area contributed by atoms with Crippen molar-refractivity contribution >= 4 is 17.6 Å². The summed E-state index contributed by atoms with van der Waals surface area (Å²) in [7, 11) is 2.94. The molecule has 0 bridgehead atoms. The second-order valence-corrected chi connectivity index (χ2v) is 6.48. The van der Waals surface area contributed by atoms with Gasteiger partial charge in [-0.2, -0.15) is 0 Å². The number of esters is 1. The van der Waals surface area contributed by atoms with Gasteiger partial charge in [-0.1, -0.05) is 24.3 Å². The highest BCUT2D eigenvalue weighted by Crippen LogP contribution is 2.34. The average molecular weight is 369 g/mol. The fourth-order valence-corrected chi connectivity index (χ4v) is 3.42. The monoisotopic (exact) mass is 369 g/mol. The van der Waals surface area contributed by atoms with Crippen molar-refractivity contribution in [2.45, 2.75) is 32.4 Å². The highest BCUT2D eigenvalue weighted by molar-refractivity contribution is 6.01.